The monoisotopic (exact) mass is 399 g/mol. The van der Waals surface area contributed by atoms with Crippen molar-refractivity contribution in [1.29, 1.82) is 0 Å². The van der Waals surface area contributed by atoms with Crippen LogP contribution in [0.4, 0.5) is 0 Å². The number of ether oxygens (including phenoxy) is 1. The predicted octanol–water partition coefficient (Wildman–Crippen LogP) is 6.06. The maximum absolute atomic E-state index is 12.5. The van der Waals surface area contributed by atoms with Gasteiger partial charge < -0.3 is 10.1 Å². The number of halogens is 2. The van der Waals surface area contributed by atoms with Gasteiger partial charge in [-0.1, -0.05) is 65.7 Å². The van der Waals surface area contributed by atoms with Crippen molar-refractivity contribution >= 4 is 29.1 Å². The first-order chi connectivity index (χ1) is 13.0. The fourth-order valence-electron chi connectivity index (χ4n) is 2.63. The molecule has 3 aromatic rings. The Morgan fingerprint density at radius 3 is 2.48 bits per heavy atom. The molecule has 27 heavy (non-hydrogen) atoms. The first kappa shape index (κ1) is 19.3. The van der Waals surface area contributed by atoms with Gasteiger partial charge in [0.15, 0.2) is 0 Å². The molecule has 5 heteroatoms. The van der Waals surface area contributed by atoms with E-state index >= 15 is 0 Å². The van der Waals surface area contributed by atoms with E-state index in [1.54, 1.807) is 30.3 Å². The summed E-state index contributed by atoms with van der Waals surface area (Å²) in [5, 5.41) is 3.99. The Kier molecular flexibility index (Phi) is 6.38. The zero-order valence-corrected chi connectivity index (χ0v) is 16.3. The second-order valence-corrected chi connectivity index (χ2v) is 6.99. The van der Waals surface area contributed by atoms with Crippen molar-refractivity contribution in [2.24, 2.45) is 0 Å². The van der Waals surface area contributed by atoms with Gasteiger partial charge in [0.1, 0.15) is 12.4 Å². The molecule has 1 N–H and O–H groups in total. The number of nitrogens with one attached hydrogen (secondary N) is 1. The van der Waals surface area contributed by atoms with Crippen molar-refractivity contribution in [2.75, 3.05) is 0 Å². The Morgan fingerprint density at radius 2 is 1.74 bits per heavy atom. The van der Waals surface area contributed by atoms with Gasteiger partial charge >= 0.3 is 0 Å². The van der Waals surface area contributed by atoms with Crippen LogP contribution < -0.4 is 10.1 Å². The molecular formula is C22H19Cl2NO2. The summed E-state index contributed by atoms with van der Waals surface area (Å²) >= 11 is 11.9. The molecule has 1 amide bonds. The Bertz CT molecular complexity index is 929. The molecular weight excluding hydrogens is 381 g/mol. The molecule has 1 atom stereocenters. The van der Waals surface area contributed by atoms with E-state index in [4.69, 9.17) is 27.9 Å². The van der Waals surface area contributed by atoms with Gasteiger partial charge in [-0.05, 0) is 48.4 Å². The van der Waals surface area contributed by atoms with Gasteiger partial charge in [-0.2, -0.15) is 0 Å². The third-order valence-electron chi connectivity index (χ3n) is 4.13. The normalized spacial score (nSPS) is 11.7. The molecule has 0 heterocycles. The SMILES string of the molecule is C[C@@H](NC(=O)c1cccc(OCc2ccc(Cl)c(Cl)c2)c1)c1ccccc1. The van der Waals surface area contributed by atoms with Crippen LogP contribution in [-0.2, 0) is 6.61 Å². The first-order valence-electron chi connectivity index (χ1n) is 8.55. The van der Waals surface area contributed by atoms with Crippen LogP contribution in [-0.4, -0.2) is 5.91 Å². The molecule has 3 aromatic carbocycles. The summed E-state index contributed by atoms with van der Waals surface area (Å²) in [4.78, 5) is 12.5. The van der Waals surface area contributed by atoms with Crippen molar-refractivity contribution < 1.29 is 9.53 Å². The summed E-state index contributed by atoms with van der Waals surface area (Å²) in [7, 11) is 0. The second kappa shape index (κ2) is 8.94. The summed E-state index contributed by atoms with van der Waals surface area (Å²) in [5.74, 6) is 0.465. The van der Waals surface area contributed by atoms with Gasteiger partial charge in [0.25, 0.3) is 5.91 Å². The minimum absolute atomic E-state index is 0.0838. The minimum Gasteiger partial charge on any atom is -0.489 e. The fraction of sp³-hybridized carbons (Fsp3) is 0.136. The minimum atomic E-state index is -0.147. The van der Waals surface area contributed by atoms with Crippen molar-refractivity contribution in [3.8, 4) is 5.75 Å². The molecule has 3 rings (SSSR count). The summed E-state index contributed by atoms with van der Waals surface area (Å²) in [6.45, 7) is 2.29. The zero-order chi connectivity index (χ0) is 19.2. The Balaban J connectivity index is 1.64. The number of hydrogen-bond donors (Lipinski definition) is 1. The van der Waals surface area contributed by atoms with Crippen LogP contribution in [0.5, 0.6) is 5.75 Å². The highest BCUT2D eigenvalue weighted by atomic mass is 35.5. The van der Waals surface area contributed by atoms with Crippen molar-refractivity contribution in [3.63, 3.8) is 0 Å². The number of rotatable bonds is 6. The van der Waals surface area contributed by atoms with Crippen LogP contribution in [0, 0.1) is 0 Å². The zero-order valence-electron chi connectivity index (χ0n) is 14.8. The fourth-order valence-corrected chi connectivity index (χ4v) is 2.95. The van der Waals surface area contributed by atoms with Crippen LogP contribution >= 0.6 is 23.2 Å². The smallest absolute Gasteiger partial charge is 0.251 e. The Labute approximate surface area is 168 Å². The van der Waals surface area contributed by atoms with Crippen molar-refractivity contribution in [2.45, 2.75) is 19.6 Å². The molecule has 0 aromatic heterocycles. The van der Waals surface area contributed by atoms with Gasteiger partial charge in [0.2, 0.25) is 0 Å². The average Bonchev–Trinajstić information content (AvgIpc) is 2.69. The van der Waals surface area contributed by atoms with Gasteiger partial charge in [-0.25, -0.2) is 0 Å². The van der Waals surface area contributed by atoms with Crippen LogP contribution in [0.1, 0.15) is 34.5 Å². The Hall–Kier alpha value is -2.49. The van der Waals surface area contributed by atoms with Crippen molar-refractivity contribution in [3.05, 3.63) is 99.5 Å². The number of carbonyl (C=O) groups excluding carboxylic acids is 1. The summed E-state index contributed by atoms with van der Waals surface area (Å²) in [6.07, 6.45) is 0. The quantitative estimate of drug-likeness (QED) is 0.546. The molecule has 0 unspecified atom stereocenters. The maximum Gasteiger partial charge on any atom is 0.251 e. The Morgan fingerprint density at radius 1 is 0.963 bits per heavy atom. The first-order valence-corrected chi connectivity index (χ1v) is 9.31. The van der Waals surface area contributed by atoms with E-state index in [0.29, 0.717) is 28.0 Å². The highest BCUT2D eigenvalue weighted by Gasteiger charge is 2.12. The molecule has 0 aliphatic heterocycles. The van der Waals surface area contributed by atoms with E-state index in [-0.39, 0.29) is 11.9 Å². The number of amides is 1. The molecule has 0 aliphatic carbocycles. The van der Waals surface area contributed by atoms with E-state index in [0.717, 1.165) is 11.1 Å². The molecule has 0 fully saturated rings. The topological polar surface area (TPSA) is 38.3 Å². The molecule has 0 saturated heterocycles. The number of benzene rings is 3. The average molecular weight is 400 g/mol. The lowest BCUT2D eigenvalue weighted by Crippen LogP contribution is -2.26. The molecule has 138 valence electrons. The van der Waals surface area contributed by atoms with Crippen LogP contribution in [0.2, 0.25) is 10.0 Å². The van der Waals surface area contributed by atoms with Gasteiger partial charge in [-0.15, -0.1) is 0 Å². The lowest BCUT2D eigenvalue weighted by atomic mass is 10.1. The van der Waals surface area contributed by atoms with Gasteiger partial charge in [0, 0.05) is 5.56 Å². The van der Waals surface area contributed by atoms with E-state index < -0.39 is 0 Å². The van der Waals surface area contributed by atoms with E-state index in [9.17, 15) is 4.79 Å². The predicted molar refractivity (Wildman–Crippen MR) is 110 cm³/mol. The molecule has 0 saturated carbocycles. The number of carbonyl (C=O) groups is 1. The van der Waals surface area contributed by atoms with E-state index in [1.165, 1.54) is 0 Å². The molecule has 0 aliphatic rings. The highest BCUT2D eigenvalue weighted by molar-refractivity contribution is 6.42. The summed E-state index contributed by atoms with van der Waals surface area (Å²) in [6, 6.07) is 22.2. The van der Waals surface area contributed by atoms with Gasteiger partial charge in [0.05, 0.1) is 16.1 Å². The molecule has 0 spiro atoms. The van der Waals surface area contributed by atoms with Crippen LogP contribution in [0.25, 0.3) is 0 Å². The largest absolute Gasteiger partial charge is 0.489 e. The van der Waals surface area contributed by atoms with Crippen LogP contribution in [0.3, 0.4) is 0 Å². The van der Waals surface area contributed by atoms with Crippen molar-refractivity contribution in [1.82, 2.24) is 5.32 Å². The molecule has 0 bridgehead atoms. The van der Waals surface area contributed by atoms with Gasteiger partial charge in [-0.3, -0.25) is 4.79 Å². The highest BCUT2D eigenvalue weighted by Crippen LogP contribution is 2.24. The second-order valence-electron chi connectivity index (χ2n) is 6.17. The number of hydrogen-bond acceptors (Lipinski definition) is 2. The molecule has 3 nitrogen and oxygen atoms in total. The maximum atomic E-state index is 12.5. The standard InChI is InChI=1S/C22H19Cl2NO2/c1-15(17-6-3-2-4-7-17)25-22(26)18-8-5-9-19(13-18)27-14-16-10-11-20(23)21(24)12-16/h2-13,15H,14H2,1H3,(H,25,26)/t15-/m1/s1. The van der Waals surface area contributed by atoms with Crippen LogP contribution in [0.15, 0.2) is 72.8 Å². The van der Waals surface area contributed by atoms with E-state index in [1.807, 2.05) is 49.4 Å². The lowest BCUT2D eigenvalue weighted by molar-refractivity contribution is 0.0939. The third kappa shape index (κ3) is 5.25. The van der Waals surface area contributed by atoms with E-state index in [2.05, 4.69) is 5.32 Å². The third-order valence-corrected chi connectivity index (χ3v) is 4.87. The summed E-state index contributed by atoms with van der Waals surface area (Å²) in [5.41, 5.74) is 2.50. The molecule has 0 radical (unpaired) electrons. The lowest BCUT2D eigenvalue weighted by Gasteiger charge is -2.15. The summed E-state index contributed by atoms with van der Waals surface area (Å²) < 4.78 is 5.79.